The highest BCUT2D eigenvalue weighted by Gasteiger charge is 2.10. The number of aromatic nitrogens is 3. The van der Waals surface area contributed by atoms with Gasteiger partial charge in [0.1, 0.15) is 5.82 Å². The minimum absolute atomic E-state index is 0.378. The molecule has 2 aromatic rings. The number of nitrogens with one attached hydrogen (secondary N) is 1. The van der Waals surface area contributed by atoms with Gasteiger partial charge in [-0.3, -0.25) is 0 Å². The number of hydrogen-bond acceptors (Lipinski definition) is 3. The van der Waals surface area contributed by atoms with Crippen LogP contribution in [-0.2, 0) is 13.6 Å². The van der Waals surface area contributed by atoms with Crippen molar-refractivity contribution in [3.05, 3.63) is 40.5 Å². The van der Waals surface area contributed by atoms with Crippen molar-refractivity contribution in [1.82, 2.24) is 14.5 Å². The molecule has 1 N–H and O–H groups in total. The first kappa shape index (κ1) is 11.2. The van der Waals surface area contributed by atoms with Crippen LogP contribution in [0.3, 0.4) is 0 Å². The second-order valence-corrected chi connectivity index (χ2v) is 3.94. The van der Waals surface area contributed by atoms with E-state index in [1.165, 1.54) is 0 Å². The van der Waals surface area contributed by atoms with Gasteiger partial charge in [0.05, 0.1) is 12.2 Å². The molecular formula is C10H10Cl2N4. The molecule has 2 heterocycles. The Hall–Kier alpha value is -1.26. The molecule has 2 rings (SSSR count). The normalized spacial score (nSPS) is 10.4. The van der Waals surface area contributed by atoms with Gasteiger partial charge in [0.25, 0.3) is 0 Å². The van der Waals surface area contributed by atoms with Crippen LogP contribution in [0.4, 0.5) is 5.82 Å². The maximum Gasteiger partial charge on any atom is 0.204 e. The number of anilines is 1. The molecule has 0 saturated carbocycles. The van der Waals surface area contributed by atoms with Gasteiger partial charge in [-0.2, -0.15) is 0 Å². The molecule has 0 aliphatic carbocycles. The Kier molecular flexibility index (Phi) is 3.31. The molecule has 0 saturated heterocycles. The van der Waals surface area contributed by atoms with Gasteiger partial charge in [0.15, 0.2) is 5.15 Å². The molecule has 0 aliphatic heterocycles. The number of halogens is 2. The number of nitrogens with zero attached hydrogens (tertiary/aromatic N) is 3. The summed E-state index contributed by atoms with van der Waals surface area (Å²) in [5.74, 6) is 0.788. The Morgan fingerprint density at radius 2 is 2.19 bits per heavy atom. The van der Waals surface area contributed by atoms with E-state index in [9.17, 15) is 0 Å². The molecule has 4 nitrogen and oxygen atoms in total. The number of hydrogen-bond donors (Lipinski definition) is 1. The van der Waals surface area contributed by atoms with Crippen molar-refractivity contribution < 1.29 is 0 Å². The largest absolute Gasteiger partial charge is 0.364 e. The molecule has 0 fully saturated rings. The minimum atomic E-state index is 0.378. The molecule has 0 aromatic carbocycles. The second kappa shape index (κ2) is 4.72. The van der Waals surface area contributed by atoms with Crippen LogP contribution in [0.15, 0.2) is 24.4 Å². The van der Waals surface area contributed by atoms with Crippen molar-refractivity contribution in [1.29, 1.82) is 0 Å². The van der Waals surface area contributed by atoms with Gasteiger partial charge in [-0.25, -0.2) is 9.97 Å². The summed E-state index contributed by atoms with van der Waals surface area (Å²) in [6.07, 6.45) is 1.72. The fraction of sp³-hybridized carbons (Fsp3) is 0.200. The first-order valence-electron chi connectivity index (χ1n) is 4.70. The molecule has 16 heavy (non-hydrogen) atoms. The highest BCUT2D eigenvalue weighted by molar-refractivity contribution is 6.32. The fourth-order valence-corrected chi connectivity index (χ4v) is 1.81. The van der Waals surface area contributed by atoms with E-state index in [0.717, 1.165) is 11.5 Å². The summed E-state index contributed by atoms with van der Waals surface area (Å²) in [6, 6.07) is 5.65. The third-order valence-corrected chi connectivity index (χ3v) is 2.85. The van der Waals surface area contributed by atoms with Gasteiger partial charge in [-0.1, -0.05) is 17.7 Å². The van der Waals surface area contributed by atoms with Crippen LogP contribution >= 0.6 is 23.2 Å². The summed E-state index contributed by atoms with van der Waals surface area (Å²) in [6.45, 7) is 0.534. The van der Waals surface area contributed by atoms with Gasteiger partial charge >= 0.3 is 0 Å². The fourth-order valence-electron chi connectivity index (χ4n) is 1.30. The van der Waals surface area contributed by atoms with Crippen molar-refractivity contribution in [3.8, 4) is 0 Å². The molecule has 0 spiro atoms. The SMILES string of the molecule is Cn1c(Cl)nc(Cl)c1CNc1ccccn1. The quantitative estimate of drug-likeness (QED) is 0.919. The zero-order chi connectivity index (χ0) is 11.5. The molecule has 0 aliphatic rings. The van der Waals surface area contributed by atoms with Gasteiger partial charge in [-0.15, -0.1) is 0 Å². The molecule has 84 valence electrons. The van der Waals surface area contributed by atoms with Gasteiger partial charge in [0.2, 0.25) is 5.28 Å². The predicted octanol–water partition coefficient (Wildman–Crippen LogP) is 2.73. The highest BCUT2D eigenvalue weighted by Crippen LogP contribution is 2.20. The Bertz CT molecular complexity index is 481. The van der Waals surface area contributed by atoms with E-state index in [1.54, 1.807) is 10.8 Å². The van der Waals surface area contributed by atoms with Crippen molar-refractivity contribution in [2.75, 3.05) is 5.32 Å². The van der Waals surface area contributed by atoms with Crippen LogP contribution in [0.5, 0.6) is 0 Å². The van der Waals surface area contributed by atoms with E-state index in [4.69, 9.17) is 23.2 Å². The summed E-state index contributed by atoms with van der Waals surface area (Å²) >= 11 is 11.8. The average molecular weight is 257 g/mol. The predicted molar refractivity (Wildman–Crippen MR) is 64.8 cm³/mol. The van der Waals surface area contributed by atoms with Crippen LogP contribution in [0.1, 0.15) is 5.69 Å². The molecule has 0 bridgehead atoms. The molecular weight excluding hydrogens is 247 g/mol. The van der Waals surface area contributed by atoms with Crippen molar-refractivity contribution in [2.24, 2.45) is 7.05 Å². The Morgan fingerprint density at radius 3 is 2.75 bits per heavy atom. The first-order valence-corrected chi connectivity index (χ1v) is 5.45. The van der Waals surface area contributed by atoms with Crippen LogP contribution in [-0.4, -0.2) is 14.5 Å². The zero-order valence-corrected chi connectivity index (χ0v) is 10.1. The first-order chi connectivity index (χ1) is 7.68. The minimum Gasteiger partial charge on any atom is -0.364 e. The summed E-state index contributed by atoms with van der Waals surface area (Å²) in [7, 11) is 1.82. The van der Waals surface area contributed by atoms with Crippen LogP contribution in [0.25, 0.3) is 0 Å². The summed E-state index contributed by atoms with van der Waals surface area (Å²) in [5, 5.41) is 3.93. The molecule has 0 atom stereocenters. The number of rotatable bonds is 3. The number of imidazole rings is 1. The van der Waals surface area contributed by atoms with E-state index in [0.29, 0.717) is 17.0 Å². The van der Waals surface area contributed by atoms with E-state index in [-0.39, 0.29) is 0 Å². The Morgan fingerprint density at radius 1 is 1.38 bits per heavy atom. The van der Waals surface area contributed by atoms with E-state index in [1.807, 2.05) is 25.2 Å². The lowest BCUT2D eigenvalue weighted by molar-refractivity contribution is 0.836. The lowest BCUT2D eigenvalue weighted by Gasteiger charge is -2.06. The van der Waals surface area contributed by atoms with Crippen LogP contribution in [0, 0.1) is 0 Å². The average Bonchev–Trinajstić information content (AvgIpc) is 2.53. The van der Waals surface area contributed by atoms with E-state index in [2.05, 4.69) is 15.3 Å². The van der Waals surface area contributed by atoms with Crippen molar-refractivity contribution in [3.63, 3.8) is 0 Å². The standard InChI is InChI=1S/C10H10Cl2N4/c1-16-7(9(11)15-10(16)12)6-14-8-4-2-3-5-13-8/h2-5H,6H2,1H3,(H,13,14). The van der Waals surface area contributed by atoms with Crippen LogP contribution in [0.2, 0.25) is 10.4 Å². The molecule has 6 heteroatoms. The van der Waals surface area contributed by atoms with Gasteiger partial charge in [-0.05, 0) is 23.7 Å². The second-order valence-electron chi connectivity index (χ2n) is 3.25. The van der Waals surface area contributed by atoms with Crippen molar-refractivity contribution >= 4 is 29.0 Å². The maximum atomic E-state index is 5.94. The third kappa shape index (κ3) is 2.28. The molecule has 0 unspecified atom stereocenters. The lowest BCUT2D eigenvalue weighted by Crippen LogP contribution is -2.06. The topological polar surface area (TPSA) is 42.7 Å². The molecule has 0 amide bonds. The highest BCUT2D eigenvalue weighted by atomic mass is 35.5. The van der Waals surface area contributed by atoms with E-state index >= 15 is 0 Å². The summed E-state index contributed by atoms with van der Waals surface area (Å²) in [5.41, 5.74) is 0.831. The monoisotopic (exact) mass is 256 g/mol. The maximum absolute atomic E-state index is 5.94. The van der Waals surface area contributed by atoms with Crippen LogP contribution < -0.4 is 5.32 Å². The summed E-state index contributed by atoms with van der Waals surface area (Å²) in [4.78, 5) is 8.10. The molecule has 0 radical (unpaired) electrons. The molecule has 2 aromatic heterocycles. The third-order valence-electron chi connectivity index (χ3n) is 2.21. The Balaban J connectivity index is 2.11. The number of pyridine rings is 1. The lowest BCUT2D eigenvalue weighted by atomic mass is 10.4. The zero-order valence-electron chi connectivity index (χ0n) is 8.61. The van der Waals surface area contributed by atoms with Gasteiger partial charge < -0.3 is 9.88 Å². The van der Waals surface area contributed by atoms with Gasteiger partial charge in [0, 0.05) is 13.2 Å². The smallest absolute Gasteiger partial charge is 0.204 e. The Labute approximate surface area is 103 Å². The summed E-state index contributed by atoms with van der Waals surface area (Å²) < 4.78 is 1.74. The van der Waals surface area contributed by atoms with Crippen molar-refractivity contribution in [2.45, 2.75) is 6.54 Å². The van der Waals surface area contributed by atoms with E-state index < -0.39 is 0 Å².